The number of rotatable bonds is 4. The van der Waals surface area contributed by atoms with Crippen molar-refractivity contribution < 1.29 is 17.9 Å². The first-order valence-corrected chi connectivity index (χ1v) is 12.1. The van der Waals surface area contributed by atoms with Crippen LogP contribution in [0.4, 0.5) is 10.8 Å². The Hall–Kier alpha value is -2.91. The summed E-state index contributed by atoms with van der Waals surface area (Å²) in [7, 11) is -3.75. The standard InChI is InChI=1S/C22H23N3O4S2/c1-13-20(26)23-17-11-14(5-10-19(17)29-13)18-12-30-21(24-18)25-31(27,28)16-8-6-15(7-9-16)22(2,3)4/h5-13H,1-4H3,(H,23,26)(H,24,25). The van der Waals surface area contributed by atoms with Crippen molar-refractivity contribution in [2.45, 2.75) is 44.1 Å². The molecule has 0 spiro atoms. The molecule has 2 N–H and O–H groups in total. The fraction of sp³-hybridized carbons (Fsp3) is 0.273. The minimum absolute atomic E-state index is 0.0582. The lowest BCUT2D eigenvalue weighted by molar-refractivity contribution is -0.122. The number of thiazole rings is 1. The van der Waals surface area contributed by atoms with Gasteiger partial charge in [-0.05, 0) is 48.2 Å². The Kier molecular flexibility index (Phi) is 5.26. The Bertz CT molecular complexity index is 1240. The molecular weight excluding hydrogens is 434 g/mol. The largest absolute Gasteiger partial charge is 0.479 e. The average Bonchev–Trinajstić information content (AvgIpc) is 3.16. The van der Waals surface area contributed by atoms with Gasteiger partial charge in [-0.25, -0.2) is 13.4 Å². The maximum atomic E-state index is 12.8. The van der Waals surface area contributed by atoms with E-state index >= 15 is 0 Å². The van der Waals surface area contributed by atoms with Gasteiger partial charge in [0.2, 0.25) is 0 Å². The predicted molar refractivity (Wildman–Crippen MR) is 122 cm³/mol. The number of aromatic nitrogens is 1. The number of hydrogen-bond acceptors (Lipinski definition) is 6. The first-order chi connectivity index (χ1) is 14.5. The minimum atomic E-state index is -3.75. The molecule has 9 heteroatoms. The van der Waals surface area contributed by atoms with Gasteiger partial charge in [0.15, 0.2) is 11.2 Å². The summed E-state index contributed by atoms with van der Waals surface area (Å²) in [6.07, 6.45) is -0.545. The lowest BCUT2D eigenvalue weighted by Gasteiger charge is -2.23. The van der Waals surface area contributed by atoms with E-state index in [0.29, 0.717) is 17.1 Å². The highest BCUT2D eigenvalue weighted by molar-refractivity contribution is 7.93. The smallest absolute Gasteiger partial charge is 0.265 e. The molecule has 2 aromatic carbocycles. The van der Waals surface area contributed by atoms with E-state index in [0.717, 1.165) is 11.1 Å². The molecule has 0 fully saturated rings. The molecule has 1 aliphatic rings. The van der Waals surface area contributed by atoms with E-state index in [1.54, 1.807) is 36.6 Å². The molecule has 1 aromatic heterocycles. The molecule has 2 heterocycles. The topological polar surface area (TPSA) is 97.4 Å². The summed E-state index contributed by atoms with van der Waals surface area (Å²) in [5, 5.41) is 4.83. The SMILES string of the molecule is CC1Oc2ccc(-c3csc(NS(=O)(=O)c4ccc(C(C)(C)C)cc4)n3)cc2NC1=O. The zero-order chi connectivity index (χ0) is 22.4. The number of carbonyl (C=O) groups excluding carboxylic acids is 1. The molecule has 31 heavy (non-hydrogen) atoms. The Morgan fingerprint density at radius 1 is 1.13 bits per heavy atom. The predicted octanol–water partition coefficient (Wildman–Crippen LogP) is 4.63. The van der Waals surface area contributed by atoms with Crippen LogP contribution < -0.4 is 14.8 Å². The van der Waals surface area contributed by atoms with E-state index in [2.05, 4.69) is 35.8 Å². The van der Waals surface area contributed by atoms with Crippen molar-refractivity contribution in [3.05, 3.63) is 53.4 Å². The van der Waals surface area contributed by atoms with Gasteiger partial charge in [0.25, 0.3) is 15.9 Å². The van der Waals surface area contributed by atoms with Gasteiger partial charge < -0.3 is 10.1 Å². The van der Waals surface area contributed by atoms with E-state index < -0.39 is 16.1 Å². The normalized spacial score (nSPS) is 16.3. The van der Waals surface area contributed by atoms with Crippen molar-refractivity contribution in [3.63, 3.8) is 0 Å². The average molecular weight is 458 g/mol. The van der Waals surface area contributed by atoms with Crippen LogP contribution in [-0.4, -0.2) is 25.4 Å². The number of fused-ring (bicyclic) bond motifs is 1. The van der Waals surface area contributed by atoms with Gasteiger partial charge in [-0.3, -0.25) is 9.52 Å². The highest BCUT2D eigenvalue weighted by Gasteiger charge is 2.24. The second-order valence-corrected chi connectivity index (χ2v) is 10.9. The number of nitrogens with zero attached hydrogens (tertiary/aromatic N) is 1. The highest BCUT2D eigenvalue weighted by atomic mass is 32.2. The summed E-state index contributed by atoms with van der Waals surface area (Å²) >= 11 is 1.19. The monoisotopic (exact) mass is 457 g/mol. The number of sulfonamides is 1. The maximum absolute atomic E-state index is 12.8. The summed E-state index contributed by atoms with van der Waals surface area (Å²) < 4.78 is 33.6. The quantitative estimate of drug-likeness (QED) is 0.595. The molecular formula is C22H23N3O4S2. The Morgan fingerprint density at radius 3 is 2.52 bits per heavy atom. The Labute approximate surface area is 185 Å². The zero-order valence-electron chi connectivity index (χ0n) is 17.6. The maximum Gasteiger partial charge on any atom is 0.265 e. The molecule has 0 bridgehead atoms. The van der Waals surface area contributed by atoms with Crippen LogP contribution in [0.25, 0.3) is 11.3 Å². The summed E-state index contributed by atoms with van der Waals surface area (Å²) in [5.41, 5.74) is 2.91. The van der Waals surface area contributed by atoms with Crippen LogP contribution in [0, 0.1) is 0 Å². The summed E-state index contributed by atoms with van der Waals surface area (Å²) in [4.78, 5) is 16.4. The van der Waals surface area contributed by atoms with Crippen molar-refractivity contribution in [1.29, 1.82) is 0 Å². The van der Waals surface area contributed by atoms with Crippen molar-refractivity contribution in [2.24, 2.45) is 0 Å². The van der Waals surface area contributed by atoms with E-state index in [-0.39, 0.29) is 21.3 Å². The summed E-state index contributed by atoms with van der Waals surface area (Å²) in [6, 6.07) is 12.2. The Balaban J connectivity index is 1.54. The molecule has 162 valence electrons. The molecule has 1 amide bonds. The first-order valence-electron chi connectivity index (χ1n) is 9.74. The lowest BCUT2D eigenvalue weighted by Crippen LogP contribution is -2.34. The van der Waals surface area contributed by atoms with Crippen LogP contribution in [-0.2, 0) is 20.2 Å². The van der Waals surface area contributed by atoms with Crippen LogP contribution in [0.1, 0.15) is 33.3 Å². The zero-order valence-corrected chi connectivity index (χ0v) is 19.2. The van der Waals surface area contributed by atoms with E-state index in [9.17, 15) is 13.2 Å². The van der Waals surface area contributed by atoms with Crippen molar-refractivity contribution >= 4 is 38.1 Å². The van der Waals surface area contributed by atoms with Crippen LogP contribution >= 0.6 is 11.3 Å². The molecule has 0 saturated heterocycles. The van der Waals surface area contributed by atoms with E-state index in [1.165, 1.54) is 11.3 Å². The van der Waals surface area contributed by atoms with Crippen LogP contribution in [0.3, 0.4) is 0 Å². The molecule has 0 radical (unpaired) electrons. The van der Waals surface area contributed by atoms with E-state index in [1.807, 2.05) is 18.2 Å². The molecule has 0 aliphatic carbocycles. The number of ether oxygens (including phenoxy) is 1. The van der Waals surface area contributed by atoms with Crippen LogP contribution in [0.15, 0.2) is 52.7 Å². The van der Waals surface area contributed by atoms with Gasteiger partial charge in [-0.1, -0.05) is 32.9 Å². The van der Waals surface area contributed by atoms with Gasteiger partial charge in [-0.15, -0.1) is 11.3 Å². The second kappa shape index (κ2) is 7.65. The molecule has 1 atom stereocenters. The minimum Gasteiger partial charge on any atom is -0.479 e. The fourth-order valence-electron chi connectivity index (χ4n) is 3.13. The van der Waals surface area contributed by atoms with Crippen LogP contribution in [0.5, 0.6) is 5.75 Å². The molecule has 7 nitrogen and oxygen atoms in total. The number of anilines is 2. The molecule has 1 unspecified atom stereocenters. The van der Waals surface area contributed by atoms with Gasteiger partial charge in [0.05, 0.1) is 16.3 Å². The second-order valence-electron chi connectivity index (χ2n) is 8.38. The number of hydrogen-bond donors (Lipinski definition) is 2. The first kappa shape index (κ1) is 21.3. The molecule has 1 aliphatic heterocycles. The van der Waals surface area contributed by atoms with Crippen molar-refractivity contribution in [3.8, 4) is 17.0 Å². The third kappa shape index (κ3) is 4.42. The fourth-order valence-corrected chi connectivity index (χ4v) is 5.10. The number of carbonyl (C=O) groups is 1. The van der Waals surface area contributed by atoms with Gasteiger partial charge in [-0.2, -0.15) is 0 Å². The highest BCUT2D eigenvalue weighted by Crippen LogP contribution is 2.35. The summed E-state index contributed by atoms with van der Waals surface area (Å²) in [6.45, 7) is 7.90. The number of nitrogens with one attached hydrogen (secondary N) is 2. The van der Waals surface area contributed by atoms with E-state index in [4.69, 9.17) is 4.74 Å². The third-order valence-corrected chi connectivity index (χ3v) is 7.20. The Morgan fingerprint density at radius 2 is 1.84 bits per heavy atom. The summed E-state index contributed by atoms with van der Waals surface area (Å²) in [5.74, 6) is 0.375. The number of amides is 1. The van der Waals surface area contributed by atoms with Crippen molar-refractivity contribution in [2.75, 3.05) is 10.0 Å². The molecule has 0 saturated carbocycles. The third-order valence-electron chi connectivity index (χ3n) is 4.96. The molecule has 4 rings (SSSR count). The van der Waals surface area contributed by atoms with Crippen LogP contribution in [0.2, 0.25) is 0 Å². The van der Waals surface area contributed by atoms with Gasteiger partial charge >= 0.3 is 0 Å². The van der Waals surface area contributed by atoms with Crippen molar-refractivity contribution in [1.82, 2.24) is 4.98 Å². The lowest BCUT2D eigenvalue weighted by atomic mass is 9.87. The van der Waals surface area contributed by atoms with Gasteiger partial charge in [0, 0.05) is 10.9 Å². The molecule has 3 aromatic rings. The van der Waals surface area contributed by atoms with Gasteiger partial charge in [0.1, 0.15) is 5.75 Å². The number of benzene rings is 2.